The Morgan fingerprint density at radius 1 is 1.43 bits per heavy atom. The summed E-state index contributed by atoms with van der Waals surface area (Å²) in [6.45, 7) is 0.271. The maximum atomic E-state index is 12.7. The van der Waals surface area contributed by atoms with E-state index < -0.39 is 10.5 Å². The topological polar surface area (TPSA) is 99.5 Å². The number of aliphatic hydroxyl groups is 1. The van der Waals surface area contributed by atoms with E-state index >= 15 is 0 Å². The summed E-state index contributed by atoms with van der Waals surface area (Å²) in [5.74, 6) is -0.253. The number of rotatable bonds is 4. The van der Waals surface area contributed by atoms with E-state index in [-0.39, 0.29) is 18.1 Å². The van der Waals surface area contributed by atoms with Crippen molar-refractivity contribution >= 4 is 22.5 Å². The molecule has 1 heterocycles. The number of likely N-dealkylation sites (N-methyl/N-ethyl adjacent to an activating group) is 1. The van der Waals surface area contributed by atoms with Gasteiger partial charge in [-0.15, -0.1) is 0 Å². The number of nitro groups is 1. The predicted octanol–water partition coefficient (Wildman–Crippen LogP) is 2.45. The third-order valence-electron chi connectivity index (χ3n) is 4.52. The summed E-state index contributed by atoms with van der Waals surface area (Å²) < 4.78 is 0. The van der Waals surface area contributed by atoms with E-state index in [2.05, 4.69) is 4.98 Å². The van der Waals surface area contributed by atoms with Crippen LogP contribution < -0.4 is 0 Å². The minimum Gasteiger partial charge on any atom is -0.388 e. The molecule has 1 aliphatic carbocycles. The zero-order chi connectivity index (χ0) is 16.6. The van der Waals surface area contributed by atoms with Crippen LogP contribution in [-0.2, 0) is 0 Å². The summed E-state index contributed by atoms with van der Waals surface area (Å²) in [5.41, 5.74) is 0.186. The van der Waals surface area contributed by atoms with Gasteiger partial charge in [0.1, 0.15) is 0 Å². The average Bonchev–Trinajstić information content (AvgIpc) is 3.12. The summed E-state index contributed by atoms with van der Waals surface area (Å²) >= 11 is 0. The molecule has 2 aromatic rings. The fraction of sp³-hybridized carbons (Fsp3) is 0.438. The summed E-state index contributed by atoms with van der Waals surface area (Å²) in [6, 6.07) is 4.39. The predicted molar refractivity (Wildman–Crippen MR) is 85.3 cm³/mol. The molecule has 1 amide bonds. The van der Waals surface area contributed by atoms with Crippen molar-refractivity contribution in [3.63, 3.8) is 0 Å². The number of H-pyrrole nitrogens is 1. The standard InChI is InChI=1S/C16H19N3O4/c1-18(10-16(21)6-2-3-7-16)15(20)13-9-17-14-5-4-11(19(22)23)8-12(13)14/h4-5,8-9,17,21H,2-3,6-7,10H2,1H3. The first kappa shape index (κ1) is 15.5. The van der Waals surface area contributed by atoms with Gasteiger partial charge in [-0.1, -0.05) is 12.8 Å². The van der Waals surface area contributed by atoms with Crippen LogP contribution in [0.2, 0.25) is 0 Å². The number of nitrogens with one attached hydrogen (secondary N) is 1. The number of fused-ring (bicyclic) bond motifs is 1. The zero-order valence-corrected chi connectivity index (χ0v) is 12.9. The number of carbonyl (C=O) groups is 1. The van der Waals surface area contributed by atoms with Crippen molar-refractivity contribution in [1.29, 1.82) is 0 Å². The molecular weight excluding hydrogens is 298 g/mol. The van der Waals surface area contributed by atoms with E-state index in [0.29, 0.717) is 29.3 Å². The number of hydrogen-bond acceptors (Lipinski definition) is 4. The van der Waals surface area contributed by atoms with Gasteiger partial charge in [0.15, 0.2) is 0 Å². The maximum Gasteiger partial charge on any atom is 0.270 e. The van der Waals surface area contributed by atoms with Crippen LogP contribution in [0.5, 0.6) is 0 Å². The van der Waals surface area contributed by atoms with E-state index in [0.717, 1.165) is 12.8 Å². The first-order valence-electron chi connectivity index (χ1n) is 7.63. The quantitative estimate of drug-likeness (QED) is 0.668. The number of hydrogen-bond donors (Lipinski definition) is 2. The second kappa shape index (κ2) is 5.66. The Hall–Kier alpha value is -2.41. The smallest absolute Gasteiger partial charge is 0.270 e. The molecule has 122 valence electrons. The molecule has 3 rings (SSSR count). The van der Waals surface area contributed by atoms with Crippen molar-refractivity contribution in [2.24, 2.45) is 0 Å². The number of carbonyl (C=O) groups excluding carboxylic acids is 1. The van der Waals surface area contributed by atoms with Gasteiger partial charge in [-0.25, -0.2) is 0 Å². The molecule has 2 N–H and O–H groups in total. The fourth-order valence-electron chi connectivity index (χ4n) is 3.31. The lowest BCUT2D eigenvalue weighted by molar-refractivity contribution is -0.384. The SMILES string of the molecule is CN(CC1(O)CCCC1)C(=O)c1c[nH]c2ccc([N+](=O)[O-])cc12. The van der Waals surface area contributed by atoms with Gasteiger partial charge in [0.2, 0.25) is 0 Å². The molecule has 1 saturated carbocycles. The van der Waals surface area contributed by atoms with Crippen LogP contribution >= 0.6 is 0 Å². The van der Waals surface area contributed by atoms with Gasteiger partial charge < -0.3 is 15.0 Å². The van der Waals surface area contributed by atoms with Crippen molar-refractivity contribution < 1.29 is 14.8 Å². The highest BCUT2D eigenvalue weighted by Gasteiger charge is 2.34. The molecule has 7 nitrogen and oxygen atoms in total. The molecule has 0 bridgehead atoms. The number of non-ortho nitro benzene ring substituents is 1. The van der Waals surface area contributed by atoms with Crippen LogP contribution in [-0.4, -0.2) is 45.0 Å². The second-order valence-corrected chi connectivity index (χ2v) is 6.28. The molecule has 7 heteroatoms. The van der Waals surface area contributed by atoms with Crippen molar-refractivity contribution in [2.45, 2.75) is 31.3 Å². The molecule has 1 fully saturated rings. The van der Waals surface area contributed by atoms with Gasteiger partial charge in [0.25, 0.3) is 11.6 Å². The highest BCUT2D eigenvalue weighted by atomic mass is 16.6. The summed E-state index contributed by atoms with van der Waals surface area (Å²) in [6.07, 6.45) is 4.90. The van der Waals surface area contributed by atoms with E-state index in [9.17, 15) is 20.0 Å². The molecule has 0 unspecified atom stereocenters. The van der Waals surface area contributed by atoms with Gasteiger partial charge in [-0.2, -0.15) is 0 Å². The van der Waals surface area contributed by atoms with E-state index in [1.807, 2.05) is 0 Å². The molecular formula is C16H19N3O4. The Morgan fingerprint density at radius 3 is 2.78 bits per heavy atom. The third-order valence-corrected chi connectivity index (χ3v) is 4.52. The lowest BCUT2D eigenvalue weighted by atomic mass is 10.0. The van der Waals surface area contributed by atoms with Crippen LogP contribution in [0.3, 0.4) is 0 Å². The van der Waals surface area contributed by atoms with Crippen molar-refractivity contribution in [1.82, 2.24) is 9.88 Å². The largest absolute Gasteiger partial charge is 0.388 e. The summed E-state index contributed by atoms with van der Waals surface area (Å²) in [5, 5.41) is 21.9. The van der Waals surface area contributed by atoms with Crippen LogP contribution in [0.4, 0.5) is 5.69 Å². The van der Waals surface area contributed by atoms with Crippen LogP contribution in [0.1, 0.15) is 36.0 Å². The molecule has 1 aliphatic rings. The monoisotopic (exact) mass is 317 g/mol. The number of nitro benzene ring substituents is 1. The minimum atomic E-state index is -0.817. The van der Waals surface area contributed by atoms with Crippen molar-refractivity contribution in [3.8, 4) is 0 Å². The summed E-state index contributed by atoms with van der Waals surface area (Å²) in [7, 11) is 1.65. The van der Waals surface area contributed by atoms with Crippen molar-refractivity contribution in [3.05, 3.63) is 40.1 Å². The molecule has 23 heavy (non-hydrogen) atoms. The number of benzene rings is 1. The van der Waals surface area contributed by atoms with Crippen molar-refractivity contribution in [2.75, 3.05) is 13.6 Å². The molecule has 1 aromatic heterocycles. The van der Waals surface area contributed by atoms with Crippen LogP contribution in [0, 0.1) is 10.1 Å². The fourth-order valence-corrected chi connectivity index (χ4v) is 3.31. The molecule has 0 atom stereocenters. The summed E-state index contributed by atoms with van der Waals surface area (Å²) in [4.78, 5) is 27.5. The average molecular weight is 317 g/mol. The number of aromatic amines is 1. The molecule has 0 spiro atoms. The van der Waals surface area contributed by atoms with Crippen LogP contribution in [0.25, 0.3) is 10.9 Å². The Morgan fingerprint density at radius 2 is 2.13 bits per heavy atom. The molecule has 0 radical (unpaired) electrons. The first-order chi connectivity index (χ1) is 10.9. The normalized spacial score (nSPS) is 16.6. The third kappa shape index (κ3) is 2.92. The highest BCUT2D eigenvalue weighted by Crippen LogP contribution is 2.31. The molecule has 0 saturated heterocycles. The van der Waals surface area contributed by atoms with Gasteiger partial charge in [-0.05, 0) is 18.9 Å². The van der Waals surface area contributed by atoms with Gasteiger partial charge >= 0.3 is 0 Å². The number of amides is 1. The Bertz CT molecular complexity index is 762. The Kier molecular flexibility index (Phi) is 3.81. The zero-order valence-electron chi connectivity index (χ0n) is 12.9. The number of nitrogens with zero attached hydrogens (tertiary/aromatic N) is 2. The van der Waals surface area contributed by atoms with E-state index in [4.69, 9.17) is 0 Å². The lowest BCUT2D eigenvalue weighted by Gasteiger charge is -2.28. The maximum absolute atomic E-state index is 12.7. The van der Waals surface area contributed by atoms with Gasteiger partial charge in [0, 0.05) is 42.8 Å². The Labute approximate surface area is 133 Å². The highest BCUT2D eigenvalue weighted by molar-refractivity contribution is 6.07. The lowest BCUT2D eigenvalue weighted by Crippen LogP contribution is -2.42. The first-order valence-corrected chi connectivity index (χ1v) is 7.63. The minimum absolute atomic E-state index is 0.0526. The Balaban J connectivity index is 1.88. The van der Waals surface area contributed by atoms with E-state index in [1.54, 1.807) is 19.3 Å². The molecule has 1 aromatic carbocycles. The second-order valence-electron chi connectivity index (χ2n) is 6.28. The van der Waals surface area contributed by atoms with E-state index in [1.165, 1.54) is 17.0 Å². The van der Waals surface area contributed by atoms with Crippen LogP contribution in [0.15, 0.2) is 24.4 Å². The van der Waals surface area contributed by atoms with Gasteiger partial charge in [0.05, 0.1) is 16.1 Å². The molecule has 0 aliphatic heterocycles. The van der Waals surface area contributed by atoms with Gasteiger partial charge in [-0.3, -0.25) is 14.9 Å². The number of aromatic nitrogens is 1.